The zero-order chi connectivity index (χ0) is 20.5. The van der Waals surface area contributed by atoms with Crippen molar-refractivity contribution in [2.75, 3.05) is 19.6 Å². The van der Waals surface area contributed by atoms with E-state index in [0.717, 1.165) is 19.3 Å². The van der Waals surface area contributed by atoms with Crippen molar-refractivity contribution in [1.82, 2.24) is 9.80 Å². The van der Waals surface area contributed by atoms with Crippen molar-refractivity contribution in [2.45, 2.75) is 58.1 Å². The minimum absolute atomic E-state index is 0.0457. The molecule has 0 spiro atoms. The number of carbonyl (C=O) groups excluding carboxylic acids is 2. The molecule has 154 valence electrons. The minimum atomic E-state index is -0.537. The summed E-state index contributed by atoms with van der Waals surface area (Å²) < 4.78 is 5.49. The molecule has 1 atom stereocenters. The second kappa shape index (κ2) is 8.50. The van der Waals surface area contributed by atoms with Crippen LogP contribution in [0.5, 0.6) is 0 Å². The van der Waals surface area contributed by atoms with Crippen molar-refractivity contribution in [3.8, 4) is 0 Å². The Bertz CT molecular complexity index is 744. The molecular weight excluding hydrogens is 399 g/mol. The minimum Gasteiger partial charge on any atom is -0.444 e. The highest BCUT2D eigenvalue weighted by Crippen LogP contribution is 2.32. The molecule has 1 aromatic carbocycles. The van der Waals surface area contributed by atoms with Gasteiger partial charge in [-0.1, -0.05) is 35.7 Å². The van der Waals surface area contributed by atoms with Crippen LogP contribution in [0.15, 0.2) is 18.2 Å². The summed E-state index contributed by atoms with van der Waals surface area (Å²) in [6.07, 6.45) is 3.88. The van der Waals surface area contributed by atoms with Gasteiger partial charge in [0.15, 0.2) is 0 Å². The van der Waals surface area contributed by atoms with E-state index in [1.807, 2.05) is 25.7 Å². The fourth-order valence-corrected chi connectivity index (χ4v) is 4.04. The molecule has 0 bridgehead atoms. The van der Waals surface area contributed by atoms with Crippen LogP contribution in [-0.2, 0) is 4.74 Å². The van der Waals surface area contributed by atoms with Crippen LogP contribution in [0.2, 0.25) is 10.0 Å². The zero-order valence-electron chi connectivity index (χ0n) is 16.7. The van der Waals surface area contributed by atoms with E-state index in [9.17, 15) is 9.59 Å². The Balaban J connectivity index is 1.76. The van der Waals surface area contributed by atoms with Gasteiger partial charge in [0.2, 0.25) is 0 Å². The lowest BCUT2D eigenvalue weighted by Crippen LogP contribution is -2.46. The van der Waals surface area contributed by atoms with Crippen LogP contribution in [-0.4, -0.2) is 53.1 Å². The highest BCUT2D eigenvalue weighted by atomic mass is 35.5. The van der Waals surface area contributed by atoms with Crippen LogP contribution in [0.3, 0.4) is 0 Å². The molecule has 0 aromatic heterocycles. The van der Waals surface area contributed by atoms with Gasteiger partial charge < -0.3 is 14.5 Å². The van der Waals surface area contributed by atoms with Gasteiger partial charge in [0.25, 0.3) is 5.91 Å². The van der Waals surface area contributed by atoms with Gasteiger partial charge in [-0.05, 0) is 58.1 Å². The predicted octanol–water partition coefficient (Wildman–Crippen LogP) is 5.25. The van der Waals surface area contributed by atoms with Gasteiger partial charge in [0.05, 0.1) is 21.7 Å². The molecule has 1 aromatic rings. The molecule has 2 aliphatic rings. The maximum Gasteiger partial charge on any atom is 0.410 e. The second-order valence-corrected chi connectivity index (χ2v) is 9.51. The molecule has 1 aliphatic carbocycles. The predicted molar refractivity (Wildman–Crippen MR) is 111 cm³/mol. The molecule has 5 nitrogen and oxygen atoms in total. The smallest absolute Gasteiger partial charge is 0.410 e. The molecule has 2 amide bonds. The van der Waals surface area contributed by atoms with E-state index in [2.05, 4.69) is 0 Å². The molecular formula is C21H28Cl2N2O3. The molecule has 1 saturated heterocycles. The topological polar surface area (TPSA) is 49.9 Å². The van der Waals surface area contributed by atoms with E-state index in [-0.39, 0.29) is 23.1 Å². The zero-order valence-corrected chi connectivity index (χ0v) is 18.2. The fourth-order valence-electron chi connectivity index (χ4n) is 3.66. The molecule has 1 saturated carbocycles. The lowest BCUT2D eigenvalue weighted by atomic mass is 9.84. The Hall–Kier alpha value is -1.46. The Morgan fingerprint density at radius 2 is 1.93 bits per heavy atom. The summed E-state index contributed by atoms with van der Waals surface area (Å²) in [5.41, 5.74) is -0.116. The Labute approximate surface area is 176 Å². The highest BCUT2D eigenvalue weighted by molar-refractivity contribution is 6.43. The first kappa shape index (κ1) is 21.3. The van der Waals surface area contributed by atoms with E-state index >= 15 is 0 Å². The molecule has 1 heterocycles. The van der Waals surface area contributed by atoms with Crippen molar-refractivity contribution in [3.63, 3.8) is 0 Å². The molecule has 3 rings (SSSR count). The number of hydrogen-bond acceptors (Lipinski definition) is 3. The SMILES string of the molecule is CC(C)(C)OC(=O)N1CC[C@H](N(CC2CCC2)C(=O)c2cccc(Cl)c2Cl)C1. The lowest BCUT2D eigenvalue weighted by Gasteiger charge is -2.36. The number of hydrogen-bond donors (Lipinski definition) is 0. The molecule has 0 N–H and O–H groups in total. The average Bonchev–Trinajstić information content (AvgIpc) is 3.04. The van der Waals surface area contributed by atoms with Crippen LogP contribution in [0, 0.1) is 5.92 Å². The summed E-state index contributed by atoms with van der Waals surface area (Å²) in [7, 11) is 0. The van der Waals surface area contributed by atoms with E-state index in [1.54, 1.807) is 23.1 Å². The number of amides is 2. The van der Waals surface area contributed by atoms with Crippen molar-refractivity contribution in [2.24, 2.45) is 5.92 Å². The first-order valence-corrected chi connectivity index (χ1v) is 10.6. The van der Waals surface area contributed by atoms with Gasteiger partial charge in [-0.25, -0.2) is 4.79 Å². The normalized spacial score (nSPS) is 20.0. The van der Waals surface area contributed by atoms with Gasteiger partial charge >= 0.3 is 6.09 Å². The molecule has 1 aliphatic heterocycles. The molecule has 0 unspecified atom stereocenters. The number of rotatable bonds is 4. The molecule has 28 heavy (non-hydrogen) atoms. The Kier molecular flexibility index (Phi) is 6.45. The summed E-state index contributed by atoms with van der Waals surface area (Å²) >= 11 is 12.4. The summed E-state index contributed by atoms with van der Waals surface area (Å²) in [6.45, 7) is 7.31. The highest BCUT2D eigenvalue weighted by Gasteiger charge is 2.37. The van der Waals surface area contributed by atoms with Crippen LogP contribution in [0.25, 0.3) is 0 Å². The summed E-state index contributed by atoms with van der Waals surface area (Å²) in [6, 6.07) is 5.09. The van der Waals surface area contributed by atoms with E-state index in [0.29, 0.717) is 36.1 Å². The lowest BCUT2D eigenvalue weighted by molar-refractivity contribution is 0.0269. The first-order valence-electron chi connectivity index (χ1n) is 9.88. The van der Waals surface area contributed by atoms with Gasteiger partial charge in [-0.3, -0.25) is 4.79 Å². The second-order valence-electron chi connectivity index (χ2n) is 8.72. The van der Waals surface area contributed by atoms with Gasteiger partial charge in [-0.15, -0.1) is 0 Å². The number of halogens is 2. The van der Waals surface area contributed by atoms with Crippen LogP contribution in [0.4, 0.5) is 4.79 Å². The van der Waals surface area contributed by atoms with Crippen molar-refractivity contribution < 1.29 is 14.3 Å². The van der Waals surface area contributed by atoms with E-state index in [4.69, 9.17) is 27.9 Å². The standard InChI is InChI=1S/C21H28Cl2N2O3/c1-21(2,3)28-20(27)24-11-10-15(13-24)25(12-14-6-4-7-14)19(26)16-8-5-9-17(22)18(16)23/h5,8-9,14-15H,4,6-7,10-13H2,1-3H3/t15-/m0/s1. The molecule has 0 radical (unpaired) electrons. The Morgan fingerprint density at radius 3 is 2.54 bits per heavy atom. The maximum absolute atomic E-state index is 13.3. The number of carbonyl (C=O) groups is 2. The monoisotopic (exact) mass is 426 g/mol. The third-order valence-electron chi connectivity index (χ3n) is 5.38. The fraction of sp³-hybridized carbons (Fsp3) is 0.619. The number of nitrogens with zero attached hydrogens (tertiary/aromatic N) is 2. The van der Waals surface area contributed by atoms with Gasteiger partial charge in [0.1, 0.15) is 5.60 Å². The van der Waals surface area contributed by atoms with Crippen LogP contribution < -0.4 is 0 Å². The third kappa shape index (κ3) is 4.93. The number of benzene rings is 1. The summed E-state index contributed by atoms with van der Waals surface area (Å²) in [4.78, 5) is 29.3. The quantitative estimate of drug-likeness (QED) is 0.660. The largest absolute Gasteiger partial charge is 0.444 e. The van der Waals surface area contributed by atoms with Crippen molar-refractivity contribution in [1.29, 1.82) is 0 Å². The Morgan fingerprint density at radius 1 is 1.21 bits per heavy atom. The van der Waals surface area contributed by atoms with Crippen LogP contribution >= 0.6 is 23.2 Å². The number of ether oxygens (including phenoxy) is 1. The number of likely N-dealkylation sites (tertiary alicyclic amines) is 1. The summed E-state index contributed by atoms with van der Waals surface area (Å²) in [5, 5.41) is 0.660. The third-order valence-corrected chi connectivity index (χ3v) is 6.20. The molecule has 2 fully saturated rings. The molecule has 7 heteroatoms. The summed E-state index contributed by atoms with van der Waals surface area (Å²) in [5.74, 6) is 0.396. The van der Waals surface area contributed by atoms with Crippen LogP contribution in [0.1, 0.15) is 56.8 Å². The van der Waals surface area contributed by atoms with Crippen molar-refractivity contribution >= 4 is 35.2 Å². The maximum atomic E-state index is 13.3. The van der Waals surface area contributed by atoms with Gasteiger partial charge in [0, 0.05) is 19.6 Å². The van der Waals surface area contributed by atoms with E-state index < -0.39 is 5.60 Å². The van der Waals surface area contributed by atoms with Gasteiger partial charge in [-0.2, -0.15) is 0 Å². The van der Waals surface area contributed by atoms with E-state index in [1.165, 1.54) is 6.42 Å². The average molecular weight is 427 g/mol. The first-order chi connectivity index (χ1) is 13.2. The van der Waals surface area contributed by atoms with Crippen molar-refractivity contribution in [3.05, 3.63) is 33.8 Å².